The van der Waals surface area contributed by atoms with E-state index in [9.17, 15) is 18.0 Å². The van der Waals surface area contributed by atoms with Crippen LogP contribution in [0.5, 0.6) is 11.5 Å². The first-order valence-corrected chi connectivity index (χ1v) is 15.1. The SMILES string of the molecule is COc1ccc(N(CC(=O)N(Cc2ccccc2)[C@H](Cc2ccccc2)C(=O)NC(C)(C)C)S(C)(=O)=O)cc1OC. The monoisotopic (exact) mass is 581 g/mol. The molecule has 3 aromatic rings. The summed E-state index contributed by atoms with van der Waals surface area (Å²) in [5.41, 5.74) is 1.36. The molecule has 1 atom stereocenters. The van der Waals surface area contributed by atoms with Crippen LogP contribution in [-0.2, 0) is 32.6 Å². The number of carbonyl (C=O) groups is 2. The highest BCUT2D eigenvalue weighted by Crippen LogP contribution is 2.32. The highest BCUT2D eigenvalue weighted by atomic mass is 32.2. The Hall–Kier alpha value is -4.05. The zero-order valence-corrected chi connectivity index (χ0v) is 25.3. The van der Waals surface area contributed by atoms with E-state index in [2.05, 4.69) is 5.32 Å². The predicted octanol–water partition coefficient (Wildman–Crippen LogP) is 4.02. The highest BCUT2D eigenvalue weighted by Gasteiger charge is 2.34. The minimum absolute atomic E-state index is 0.109. The van der Waals surface area contributed by atoms with Crippen molar-refractivity contribution >= 4 is 27.5 Å². The normalized spacial score (nSPS) is 12.2. The van der Waals surface area contributed by atoms with Crippen LogP contribution in [0.25, 0.3) is 0 Å². The number of rotatable bonds is 12. The van der Waals surface area contributed by atoms with E-state index >= 15 is 0 Å². The number of amides is 2. The summed E-state index contributed by atoms with van der Waals surface area (Å²) in [5, 5.41) is 3.01. The number of nitrogens with one attached hydrogen (secondary N) is 1. The second-order valence-corrected chi connectivity index (χ2v) is 12.7. The number of benzene rings is 3. The average molecular weight is 582 g/mol. The van der Waals surface area contributed by atoms with Gasteiger partial charge >= 0.3 is 0 Å². The summed E-state index contributed by atoms with van der Waals surface area (Å²) in [6, 6.07) is 22.5. The molecule has 0 aliphatic heterocycles. The van der Waals surface area contributed by atoms with Crippen molar-refractivity contribution in [3.63, 3.8) is 0 Å². The Labute approximate surface area is 243 Å². The number of carbonyl (C=O) groups excluding carboxylic acids is 2. The van der Waals surface area contributed by atoms with Crippen molar-refractivity contribution in [3.05, 3.63) is 90.0 Å². The van der Waals surface area contributed by atoms with E-state index in [0.717, 1.165) is 21.7 Å². The van der Waals surface area contributed by atoms with Gasteiger partial charge in [0.2, 0.25) is 21.8 Å². The molecule has 0 spiro atoms. The van der Waals surface area contributed by atoms with Gasteiger partial charge in [0.15, 0.2) is 11.5 Å². The lowest BCUT2D eigenvalue weighted by Crippen LogP contribution is -2.56. The number of methoxy groups -OCH3 is 2. The van der Waals surface area contributed by atoms with Gasteiger partial charge in [0.05, 0.1) is 26.2 Å². The smallest absolute Gasteiger partial charge is 0.244 e. The van der Waals surface area contributed by atoms with E-state index in [0.29, 0.717) is 11.5 Å². The van der Waals surface area contributed by atoms with Crippen LogP contribution >= 0.6 is 0 Å². The molecule has 3 aromatic carbocycles. The Kier molecular flexibility index (Phi) is 10.4. The van der Waals surface area contributed by atoms with Gasteiger partial charge in [-0.15, -0.1) is 0 Å². The molecule has 0 saturated heterocycles. The van der Waals surface area contributed by atoms with Crippen molar-refractivity contribution < 1.29 is 27.5 Å². The summed E-state index contributed by atoms with van der Waals surface area (Å²) in [4.78, 5) is 29.3. The van der Waals surface area contributed by atoms with Gasteiger partial charge in [0.1, 0.15) is 12.6 Å². The molecule has 0 aromatic heterocycles. The second-order valence-electron chi connectivity index (χ2n) is 10.8. The third-order valence-corrected chi connectivity index (χ3v) is 7.44. The number of hydrogen-bond acceptors (Lipinski definition) is 6. The largest absolute Gasteiger partial charge is 0.493 e. The predicted molar refractivity (Wildman–Crippen MR) is 161 cm³/mol. The first-order chi connectivity index (χ1) is 19.3. The maximum atomic E-state index is 14.1. The van der Waals surface area contributed by atoms with Crippen LogP contribution in [0.2, 0.25) is 0 Å². The molecule has 1 N–H and O–H groups in total. The van der Waals surface area contributed by atoms with Crippen molar-refractivity contribution in [2.45, 2.75) is 45.3 Å². The fourth-order valence-corrected chi connectivity index (χ4v) is 5.22. The van der Waals surface area contributed by atoms with Crippen LogP contribution in [0.15, 0.2) is 78.9 Å². The molecule has 0 fully saturated rings. The molecule has 3 rings (SSSR count). The summed E-state index contributed by atoms with van der Waals surface area (Å²) in [7, 11) is -0.985. The van der Waals surface area contributed by atoms with Gasteiger partial charge in [0, 0.05) is 24.6 Å². The number of sulfonamides is 1. The zero-order valence-electron chi connectivity index (χ0n) is 24.5. The van der Waals surface area contributed by atoms with E-state index in [1.165, 1.54) is 25.2 Å². The van der Waals surface area contributed by atoms with Gasteiger partial charge in [-0.1, -0.05) is 60.7 Å². The summed E-state index contributed by atoms with van der Waals surface area (Å²) in [5.74, 6) is -0.121. The quantitative estimate of drug-likeness (QED) is 0.346. The van der Waals surface area contributed by atoms with Crippen molar-refractivity contribution in [3.8, 4) is 11.5 Å². The molecule has 9 nitrogen and oxygen atoms in total. The lowest BCUT2D eigenvalue weighted by atomic mass is 10.0. The van der Waals surface area contributed by atoms with Crippen molar-refractivity contribution in [2.75, 3.05) is 31.3 Å². The van der Waals surface area contributed by atoms with Gasteiger partial charge in [-0.05, 0) is 44.0 Å². The molecule has 2 amide bonds. The number of anilines is 1. The third-order valence-electron chi connectivity index (χ3n) is 6.30. The molecule has 0 heterocycles. The summed E-state index contributed by atoms with van der Waals surface area (Å²) < 4.78 is 37.6. The molecule has 0 unspecified atom stereocenters. The Morgan fingerprint density at radius 2 is 1.41 bits per heavy atom. The number of ether oxygens (including phenoxy) is 2. The minimum Gasteiger partial charge on any atom is -0.493 e. The van der Waals surface area contributed by atoms with Crippen LogP contribution in [0.3, 0.4) is 0 Å². The highest BCUT2D eigenvalue weighted by molar-refractivity contribution is 7.92. The lowest BCUT2D eigenvalue weighted by molar-refractivity contribution is -0.140. The fraction of sp³-hybridized carbons (Fsp3) is 0.355. The average Bonchev–Trinajstić information content (AvgIpc) is 2.92. The van der Waals surface area contributed by atoms with E-state index in [4.69, 9.17) is 9.47 Å². The van der Waals surface area contributed by atoms with E-state index < -0.39 is 34.1 Å². The van der Waals surface area contributed by atoms with Crippen molar-refractivity contribution in [1.29, 1.82) is 0 Å². The molecule has 0 aliphatic carbocycles. The Morgan fingerprint density at radius 3 is 1.93 bits per heavy atom. The molecular formula is C31H39N3O6S. The number of nitrogens with zero attached hydrogens (tertiary/aromatic N) is 2. The summed E-state index contributed by atoms with van der Waals surface area (Å²) in [6.07, 6.45) is 1.28. The summed E-state index contributed by atoms with van der Waals surface area (Å²) in [6.45, 7) is 5.20. The van der Waals surface area contributed by atoms with Crippen molar-refractivity contribution in [1.82, 2.24) is 10.2 Å². The van der Waals surface area contributed by atoms with Crippen molar-refractivity contribution in [2.24, 2.45) is 0 Å². The van der Waals surface area contributed by atoms with Crippen LogP contribution in [-0.4, -0.2) is 63.7 Å². The molecule has 0 bridgehead atoms. The summed E-state index contributed by atoms with van der Waals surface area (Å²) >= 11 is 0. The molecule has 0 saturated carbocycles. The minimum atomic E-state index is -3.91. The Balaban J connectivity index is 2.07. The molecule has 0 radical (unpaired) electrons. The fourth-order valence-electron chi connectivity index (χ4n) is 4.38. The van der Waals surface area contributed by atoms with Crippen LogP contribution in [0, 0.1) is 0 Å². The standard InChI is InChI=1S/C31H39N3O6S/c1-31(2,3)32-30(36)26(19-23-13-9-7-10-14-23)33(21-24-15-11-8-12-16-24)29(35)22-34(41(6,37)38)25-17-18-27(39-4)28(20-25)40-5/h7-18,20,26H,19,21-22H2,1-6H3,(H,32,36)/t26-/m1/s1. The van der Waals surface area contributed by atoms with Gasteiger partial charge in [0.25, 0.3) is 0 Å². The molecule has 220 valence electrons. The van der Waals surface area contributed by atoms with E-state index in [-0.39, 0.29) is 24.6 Å². The molecule has 0 aliphatic rings. The van der Waals surface area contributed by atoms with Crippen LogP contribution < -0.4 is 19.1 Å². The van der Waals surface area contributed by atoms with Gasteiger partial charge in [-0.3, -0.25) is 13.9 Å². The first-order valence-electron chi connectivity index (χ1n) is 13.2. The van der Waals surface area contributed by atoms with E-state index in [1.54, 1.807) is 12.1 Å². The molecular weight excluding hydrogens is 542 g/mol. The van der Waals surface area contributed by atoms with Gasteiger partial charge < -0.3 is 19.7 Å². The van der Waals surface area contributed by atoms with Crippen LogP contribution in [0.4, 0.5) is 5.69 Å². The maximum absolute atomic E-state index is 14.1. The first kappa shape index (κ1) is 31.5. The maximum Gasteiger partial charge on any atom is 0.244 e. The van der Waals surface area contributed by atoms with E-state index in [1.807, 2.05) is 81.4 Å². The Morgan fingerprint density at radius 1 is 0.854 bits per heavy atom. The topological polar surface area (TPSA) is 105 Å². The third kappa shape index (κ3) is 8.97. The van der Waals surface area contributed by atoms with Gasteiger partial charge in [-0.2, -0.15) is 0 Å². The Bertz CT molecular complexity index is 1420. The molecule has 41 heavy (non-hydrogen) atoms. The van der Waals surface area contributed by atoms with Crippen LogP contribution in [0.1, 0.15) is 31.9 Å². The number of hydrogen-bond donors (Lipinski definition) is 1. The van der Waals surface area contributed by atoms with Gasteiger partial charge in [-0.25, -0.2) is 8.42 Å². The zero-order chi connectivity index (χ0) is 30.2. The second kappa shape index (κ2) is 13.5. The molecule has 10 heteroatoms. The lowest BCUT2D eigenvalue weighted by Gasteiger charge is -2.35.